The molecular weight excluding hydrogens is 331 g/mol. The number of nitrogens with one attached hydrogen (secondary N) is 1. The van der Waals surface area contributed by atoms with E-state index in [1.54, 1.807) is 0 Å². The third-order valence-corrected chi connectivity index (χ3v) is 6.27. The van der Waals surface area contributed by atoms with Crippen LogP contribution in [0.25, 0.3) is 0 Å². The summed E-state index contributed by atoms with van der Waals surface area (Å²) < 4.78 is 27.5. The molecule has 0 spiro atoms. The Labute approximate surface area is 137 Å². The summed E-state index contributed by atoms with van der Waals surface area (Å²) in [7, 11) is -3.70. The molecular formula is C14H22Cl2N2O2S. The maximum Gasteiger partial charge on any atom is 0.242 e. The van der Waals surface area contributed by atoms with Crippen LogP contribution in [-0.2, 0) is 16.6 Å². The van der Waals surface area contributed by atoms with Crippen LogP contribution < -0.4 is 10.5 Å². The van der Waals surface area contributed by atoms with Gasteiger partial charge in [0.2, 0.25) is 10.0 Å². The first kappa shape index (κ1) is 18.7. The molecule has 0 bridgehead atoms. The summed E-state index contributed by atoms with van der Waals surface area (Å²) in [5.41, 5.74) is 5.83. The van der Waals surface area contributed by atoms with Crippen molar-refractivity contribution in [2.45, 2.75) is 39.1 Å². The minimum atomic E-state index is -3.70. The normalized spacial score (nSPS) is 13.0. The number of rotatable bonds is 6. The van der Waals surface area contributed by atoms with Gasteiger partial charge in [-0.05, 0) is 23.5 Å². The predicted octanol–water partition coefficient (Wildman–Crippen LogP) is 3.41. The molecule has 1 rings (SSSR count). The second-order valence-electron chi connectivity index (χ2n) is 6.01. The average molecular weight is 353 g/mol. The maximum absolute atomic E-state index is 12.4. The molecule has 3 N–H and O–H groups in total. The number of halogens is 2. The van der Waals surface area contributed by atoms with Crippen LogP contribution >= 0.6 is 23.2 Å². The van der Waals surface area contributed by atoms with Gasteiger partial charge in [0.25, 0.3) is 0 Å². The topological polar surface area (TPSA) is 72.2 Å². The SMILES string of the molecule is CC(C)C(C)(C)CNS(=O)(=O)c1ccc(Cl)c(CN)c1Cl. The zero-order chi connectivity index (χ0) is 16.4. The molecule has 0 saturated carbocycles. The molecule has 0 radical (unpaired) electrons. The van der Waals surface area contributed by atoms with Gasteiger partial charge in [-0.1, -0.05) is 50.9 Å². The summed E-state index contributed by atoms with van der Waals surface area (Å²) in [4.78, 5) is 0.00794. The first-order valence-corrected chi connectivity index (χ1v) is 8.93. The van der Waals surface area contributed by atoms with E-state index in [-0.39, 0.29) is 21.9 Å². The van der Waals surface area contributed by atoms with Crippen LogP contribution in [0.4, 0.5) is 0 Å². The standard InChI is InChI=1S/C14H22Cl2N2O2S/c1-9(2)14(3,4)8-18-21(19,20)12-6-5-11(15)10(7-17)13(12)16/h5-6,9,18H,7-8,17H2,1-4H3. The molecule has 0 aliphatic heterocycles. The van der Waals surface area contributed by atoms with Gasteiger partial charge in [0.1, 0.15) is 4.90 Å². The predicted molar refractivity (Wildman–Crippen MR) is 88.2 cm³/mol. The average Bonchev–Trinajstić information content (AvgIpc) is 2.36. The zero-order valence-electron chi connectivity index (χ0n) is 12.7. The van der Waals surface area contributed by atoms with Gasteiger partial charge in [0.05, 0.1) is 5.02 Å². The Kier molecular flexibility index (Phi) is 6.09. The molecule has 0 aromatic heterocycles. The summed E-state index contributed by atoms with van der Waals surface area (Å²) in [5, 5.41) is 0.448. The van der Waals surface area contributed by atoms with Crippen LogP contribution in [0.1, 0.15) is 33.3 Å². The van der Waals surface area contributed by atoms with E-state index in [9.17, 15) is 8.42 Å². The van der Waals surface area contributed by atoms with Gasteiger partial charge in [-0.2, -0.15) is 0 Å². The van der Waals surface area contributed by atoms with Crippen LogP contribution in [-0.4, -0.2) is 15.0 Å². The quantitative estimate of drug-likeness (QED) is 0.823. The molecule has 120 valence electrons. The summed E-state index contributed by atoms with van der Waals surface area (Å²) in [6.07, 6.45) is 0. The van der Waals surface area contributed by atoms with Gasteiger partial charge in [-0.25, -0.2) is 13.1 Å². The highest BCUT2D eigenvalue weighted by molar-refractivity contribution is 7.89. The molecule has 0 amide bonds. The van der Waals surface area contributed by atoms with E-state index in [2.05, 4.69) is 18.6 Å². The van der Waals surface area contributed by atoms with Crippen molar-refractivity contribution in [1.29, 1.82) is 0 Å². The lowest BCUT2D eigenvalue weighted by Gasteiger charge is -2.29. The summed E-state index contributed by atoms with van der Waals surface area (Å²) in [5.74, 6) is 0.334. The van der Waals surface area contributed by atoms with Gasteiger partial charge >= 0.3 is 0 Å². The molecule has 0 unspecified atom stereocenters. The Morgan fingerprint density at radius 2 is 1.86 bits per heavy atom. The summed E-state index contributed by atoms with van der Waals surface area (Å²) >= 11 is 12.1. The van der Waals surface area contributed by atoms with Crippen molar-refractivity contribution >= 4 is 33.2 Å². The van der Waals surface area contributed by atoms with Crippen LogP contribution in [0.3, 0.4) is 0 Å². The first-order valence-electron chi connectivity index (χ1n) is 6.69. The lowest BCUT2D eigenvalue weighted by molar-refractivity contribution is 0.252. The number of sulfonamides is 1. The molecule has 1 aromatic carbocycles. The van der Waals surface area contributed by atoms with Crippen molar-refractivity contribution in [2.75, 3.05) is 6.54 Å². The molecule has 0 atom stereocenters. The number of nitrogens with two attached hydrogens (primary N) is 1. The third-order valence-electron chi connectivity index (χ3n) is 3.92. The van der Waals surface area contributed by atoms with Crippen LogP contribution in [0.2, 0.25) is 10.0 Å². The molecule has 0 heterocycles. The van der Waals surface area contributed by atoms with Crippen molar-refractivity contribution in [3.05, 3.63) is 27.7 Å². The lowest BCUT2D eigenvalue weighted by atomic mass is 9.81. The minimum absolute atomic E-state index is 0.00794. The fourth-order valence-electron chi connectivity index (χ4n) is 1.53. The lowest BCUT2D eigenvalue weighted by Crippen LogP contribution is -2.37. The van der Waals surface area contributed by atoms with E-state index >= 15 is 0 Å². The van der Waals surface area contributed by atoms with Gasteiger partial charge in [0, 0.05) is 23.7 Å². The van der Waals surface area contributed by atoms with E-state index in [1.165, 1.54) is 12.1 Å². The highest BCUT2D eigenvalue weighted by atomic mass is 35.5. The van der Waals surface area contributed by atoms with E-state index in [0.29, 0.717) is 23.0 Å². The first-order chi connectivity index (χ1) is 9.53. The van der Waals surface area contributed by atoms with Crippen molar-refractivity contribution < 1.29 is 8.42 Å². The molecule has 4 nitrogen and oxygen atoms in total. The zero-order valence-corrected chi connectivity index (χ0v) is 15.0. The smallest absolute Gasteiger partial charge is 0.242 e. The molecule has 21 heavy (non-hydrogen) atoms. The highest BCUT2D eigenvalue weighted by Crippen LogP contribution is 2.31. The highest BCUT2D eigenvalue weighted by Gasteiger charge is 2.27. The van der Waals surface area contributed by atoms with Gasteiger partial charge in [-0.3, -0.25) is 0 Å². The van der Waals surface area contributed by atoms with E-state index in [0.717, 1.165) is 0 Å². The fourth-order valence-corrected chi connectivity index (χ4v) is 3.69. The molecule has 1 aromatic rings. The van der Waals surface area contributed by atoms with E-state index in [4.69, 9.17) is 28.9 Å². The molecule has 7 heteroatoms. The van der Waals surface area contributed by atoms with Crippen molar-refractivity contribution in [1.82, 2.24) is 4.72 Å². The van der Waals surface area contributed by atoms with E-state index < -0.39 is 10.0 Å². The molecule has 0 aliphatic rings. The van der Waals surface area contributed by atoms with Crippen LogP contribution in [0.15, 0.2) is 17.0 Å². The second kappa shape index (κ2) is 6.84. The minimum Gasteiger partial charge on any atom is -0.326 e. The largest absolute Gasteiger partial charge is 0.326 e. The summed E-state index contributed by atoms with van der Waals surface area (Å²) in [6, 6.07) is 2.90. The number of hydrogen-bond acceptors (Lipinski definition) is 3. The Bertz CT molecular complexity index is 614. The Balaban J connectivity index is 3.10. The molecule has 0 saturated heterocycles. The van der Waals surface area contributed by atoms with Crippen molar-refractivity contribution in [3.8, 4) is 0 Å². The Morgan fingerprint density at radius 1 is 1.29 bits per heavy atom. The van der Waals surface area contributed by atoms with E-state index in [1.807, 2.05) is 13.8 Å². The van der Waals surface area contributed by atoms with Gasteiger partial charge < -0.3 is 5.73 Å². The second-order valence-corrected chi connectivity index (χ2v) is 8.53. The fraction of sp³-hybridized carbons (Fsp3) is 0.571. The molecule has 0 aliphatic carbocycles. The van der Waals surface area contributed by atoms with Crippen LogP contribution in [0, 0.1) is 11.3 Å². The van der Waals surface area contributed by atoms with Gasteiger partial charge in [0.15, 0.2) is 0 Å². The maximum atomic E-state index is 12.4. The third kappa shape index (κ3) is 4.33. The van der Waals surface area contributed by atoms with Crippen molar-refractivity contribution in [3.63, 3.8) is 0 Å². The number of benzene rings is 1. The van der Waals surface area contributed by atoms with Crippen LogP contribution in [0.5, 0.6) is 0 Å². The Hall–Kier alpha value is -0.330. The monoisotopic (exact) mass is 352 g/mol. The van der Waals surface area contributed by atoms with Crippen molar-refractivity contribution in [2.24, 2.45) is 17.1 Å². The number of hydrogen-bond donors (Lipinski definition) is 2. The van der Waals surface area contributed by atoms with Gasteiger partial charge in [-0.15, -0.1) is 0 Å². The Morgan fingerprint density at radius 3 is 2.33 bits per heavy atom. The molecule has 0 fully saturated rings. The summed E-state index contributed by atoms with van der Waals surface area (Å²) in [6.45, 7) is 8.53.